The summed E-state index contributed by atoms with van der Waals surface area (Å²) in [5, 5.41) is 11.5. The standard InChI is InChI=1S/C69H43N5/c1-4-20-44(21-5-1)47-27-18-28-50(40-47)58-43-60(53-32-14-15-33-54(53)66(58)74-63-42-49-26-11-10-25-48(49)41-59(63)55-39-38-45-22-12-13-31-52(45)65(55)74)69-71-67(46-23-6-2-7-24-46)70-68(72-69)57-35-19-37-62-64(57)56-34-16-17-36-61(56)73(62)51-29-8-3-9-30-51/h1-43H. The maximum Gasteiger partial charge on any atom is 0.164 e. The molecule has 0 unspecified atom stereocenters. The molecule has 3 aromatic heterocycles. The normalized spacial score (nSPS) is 11.8. The number of aromatic nitrogens is 5. The van der Waals surface area contributed by atoms with Crippen molar-refractivity contribution in [2.45, 2.75) is 0 Å². The van der Waals surface area contributed by atoms with Crippen LogP contribution < -0.4 is 0 Å². The molecule has 0 aliphatic carbocycles. The molecule has 0 radical (unpaired) electrons. The summed E-state index contributed by atoms with van der Waals surface area (Å²) in [6.45, 7) is 0. The average Bonchev–Trinajstić information content (AvgIpc) is 4.05. The zero-order chi connectivity index (χ0) is 48.7. The highest BCUT2D eigenvalue weighted by Gasteiger charge is 2.25. The highest BCUT2D eigenvalue weighted by atomic mass is 15.0. The second-order valence-electron chi connectivity index (χ2n) is 19.1. The van der Waals surface area contributed by atoms with Gasteiger partial charge in [-0.2, -0.15) is 0 Å². The van der Waals surface area contributed by atoms with E-state index in [-0.39, 0.29) is 0 Å². The van der Waals surface area contributed by atoms with Crippen molar-refractivity contribution in [2.24, 2.45) is 0 Å². The Bertz CT molecular complexity index is 4710. The molecule has 0 fully saturated rings. The Balaban J connectivity index is 1.07. The topological polar surface area (TPSA) is 48.5 Å². The molecule has 0 spiro atoms. The van der Waals surface area contributed by atoms with Gasteiger partial charge in [0.05, 0.1) is 27.8 Å². The van der Waals surface area contributed by atoms with Crippen LogP contribution in [0.2, 0.25) is 0 Å². The van der Waals surface area contributed by atoms with E-state index in [0.717, 1.165) is 88.4 Å². The summed E-state index contributed by atoms with van der Waals surface area (Å²) in [7, 11) is 0. The van der Waals surface area contributed by atoms with Crippen molar-refractivity contribution < 1.29 is 0 Å². The third-order valence-electron chi connectivity index (χ3n) is 14.9. The predicted octanol–water partition coefficient (Wildman–Crippen LogP) is 17.9. The van der Waals surface area contributed by atoms with Crippen LogP contribution in [-0.2, 0) is 0 Å². The van der Waals surface area contributed by atoms with Gasteiger partial charge in [-0.3, -0.25) is 0 Å². The number of para-hydroxylation sites is 2. The molecular formula is C69H43N5. The van der Waals surface area contributed by atoms with Crippen molar-refractivity contribution in [1.29, 1.82) is 0 Å². The fourth-order valence-electron chi connectivity index (χ4n) is 11.6. The van der Waals surface area contributed by atoms with E-state index >= 15 is 0 Å². The summed E-state index contributed by atoms with van der Waals surface area (Å²) in [4.78, 5) is 16.5. The fraction of sp³-hybridized carbons (Fsp3) is 0. The number of nitrogens with zero attached hydrogens (tertiary/aromatic N) is 5. The molecule has 0 bridgehead atoms. The van der Waals surface area contributed by atoms with E-state index in [2.05, 4.69) is 252 Å². The third-order valence-corrected chi connectivity index (χ3v) is 14.9. The van der Waals surface area contributed by atoms with Gasteiger partial charge in [-0.1, -0.05) is 212 Å². The molecule has 344 valence electrons. The molecule has 15 rings (SSSR count). The Morgan fingerprint density at radius 1 is 0.257 bits per heavy atom. The fourth-order valence-corrected chi connectivity index (χ4v) is 11.6. The second kappa shape index (κ2) is 16.8. The first-order valence-corrected chi connectivity index (χ1v) is 25.2. The average molecular weight is 942 g/mol. The zero-order valence-corrected chi connectivity index (χ0v) is 40.1. The van der Waals surface area contributed by atoms with Crippen LogP contribution in [0, 0.1) is 0 Å². The van der Waals surface area contributed by atoms with E-state index in [1.807, 2.05) is 18.2 Å². The van der Waals surface area contributed by atoms with E-state index in [1.165, 1.54) is 37.8 Å². The van der Waals surface area contributed by atoms with Crippen LogP contribution in [0.15, 0.2) is 261 Å². The molecule has 5 nitrogen and oxygen atoms in total. The monoisotopic (exact) mass is 941 g/mol. The highest BCUT2D eigenvalue weighted by molar-refractivity contribution is 6.22. The van der Waals surface area contributed by atoms with Gasteiger partial charge in [0.1, 0.15) is 0 Å². The maximum atomic E-state index is 5.62. The Labute approximate surface area is 426 Å². The Kier molecular flexibility index (Phi) is 9.50. The molecule has 12 aromatic carbocycles. The molecule has 0 saturated heterocycles. The van der Waals surface area contributed by atoms with Crippen LogP contribution in [0.25, 0.3) is 144 Å². The van der Waals surface area contributed by atoms with Crippen LogP contribution in [0.4, 0.5) is 0 Å². The largest absolute Gasteiger partial charge is 0.309 e. The molecule has 5 heteroatoms. The van der Waals surface area contributed by atoms with Crippen LogP contribution in [0.5, 0.6) is 0 Å². The minimum Gasteiger partial charge on any atom is -0.309 e. The van der Waals surface area contributed by atoms with Gasteiger partial charge in [0.15, 0.2) is 17.5 Å². The Morgan fingerprint density at radius 2 is 0.824 bits per heavy atom. The summed E-state index contributed by atoms with van der Waals surface area (Å²) in [5.74, 6) is 1.81. The van der Waals surface area contributed by atoms with Gasteiger partial charge in [-0.25, -0.2) is 15.0 Å². The molecule has 0 N–H and O–H groups in total. The molecular weight excluding hydrogens is 899 g/mol. The van der Waals surface area contributed by atoms with Gasteiger partial charge in [0.25, 0.3) is 0 Å². The van der Waals surface area contributed by atoms with Crippen molar-refractivity contribution in [3.8, 4) is 67.8 Å². The summed E-state index contributed by atoms with van der Waals surface area (Å²) < 4.78 is 4.89. The first-order chi connectivity index (χ1) is 36.7. The molecule has 74 heavy (non-hydrogen) atoms. The lowest BCUT2D eigenvalue weighted by Crippen LogP contribution is -2.04. The van der Waals surface area contributed by atoms with E-state index in [0.29, 0.717) is 17.5 Å². The molecule has 0 aliphatic heterocycles. The van der Waals surface area contributed by atoms with Gasteiger partial charge in [-0.15, -0.1) is 0 Å². The zero-order valence-electron chi connectivity index (χ0n) is 40.1. The lowest BCUT2D eigenvalue weighted by atomic mass is 9.91. The maximum absolute atomic E-state index is 5.62. The van der Waals surface area contributed by atoms with Gasteiger partial charge < -0.3 is 9.13 Å². The molecule has 3 heterocycles. The van der Waals surface area contributed by atoms with Crippen LogP contribution in [-0.4, -0.2) is 24.1 Å². The summed E-state index contributed by atoms with van der Waals surface area (Å²) in [6, 6.07) is 93.7. The molecule has 0 atom stereocenters. The third kappa shape index (κ3) is 6.60. The van der Waals surface area contributed by atoms with Gasteiger partial charge in [-0.05, 0) is 86.8 Å². The SMILES string of the molecule is c1ccc(-c2cccc(-c3cc(-c4nc(-c5ccccc5)nc(-c5cccc6c5c5ccccc5n6-c5ccccc5)n4)c4ccccc4c3-n3c4cc5ccccc5cc4c4ccc5ccccc5c43)c2)cc1. The molecule has 0 aliphatic rings. The minimum absolute atomic E-state index is 0.597. The van der Waals surface area contributed by atoms with Gasteiger partial charge >= 0.3 is 0 Å². The number of rotatable bonds is 7. The summed E-state index contributed by atoms with van der Waals surface area (Å²) >= 11 is 0. The first kappa shape index (κ1) is 41.8. The van der Waals surface area contributed by atoms with Crippen molar-refractivity contribution in [3.05, 3.63) is 261 Å². The van der Waals surface area contributed by atoms with Crippen LogP contribution in [0.1, 0.15) is 0 Å². The first-order valence-electron chi connectivity index (χ1n) is 25.2. The minimum atomic E-state index is 0.597. The predicted molar refractivity (Wildman–Crippen MR) is 308 cm³/mol. The number of benzene rings is 12. The van der Waals surface area contributed by atoms with Crippen LogP contribution >= 0.6 is 0 Å². The van der Waals surface area contributed by atoms with Crippen molar-refractivity contribution in [2.75, 3.05) is 0 Å². The molecule has 0 saturated carbocycles. The molecule has 15 aromatic rings. The van der Waals surface area contributed by atoms with Crippen LogP contribution in [0.3, 0.4) is 0 Å². The molecule has 0 amide bonds. The second-order valence-corrected chi connectivity index (χ2v) is 19.1. The smallest absolute Gasteiger partial charge is 0.164 e. The summed E-state index contributed by atoms with van der Waals surface area (Å²) in [5.41, 5.74) is 13.9. The lowest BCUT2D eigenvalue weighted by molar-refractivity contribution is 1.08. The van der Waals surface area contributed by atoms with Crippen molar-refractivity contribution in [3.63, 3.8) is 0 Å². The highest BCUT2D eigenvalue weighted by Crippen LogP contribution is 2.47. The van der Waals surface area contributed by atoms with Gasteiger partial charge in [0, 0.05) is 60.3 Å². The van der Waals surface area contributed by atoms with E-state index in [4.69, 9.17) is 15.0 Å². The van der Waals surface area contributed by atoms with Crippen molar-refractivity contribution >= 4 is 75.9 Å². The number of fused-ring (bicyclic) bond motifs is 10. The quantitative estimate of drug-likeness (QED) is 0.160. The lowest BCUT2D eigenvalue weighted by Gasteiger charge is -2.21. The number of hydrogen-bond acceptors (Lipinski definition) is 3. The van der Waals surface area contributed by atoms with E-state index in [9.17, 15) is 0 Å². The summed E-state index contributed by atoms with van der Waals surface area (Å²) in [6.07, 6.45) is 0. The van der Waals surface area contributed by atoms with Gasteiger partial charge in [0.2, 0.25) is 0 Å². The van der Waals surface area contributed by atoms with E-state index in [1.54, 1.807) is 0 Å². The van der Waals surface area contributed by atoms with E-state index < -0.39 is 0 Å². The Morgan fingerprint density at radius 3 is 1.61 bits per heavy atom. The van der Waals surface area contributed by atoms with Crippen molar-refractivity contribution in [1.82, 2.24) is 24.1 Å². The Hall–Kier alpha value is -9.97. The number of hydrogen-bond donors (Lipinski definition) is 0.